The first-order valence-electron chi connectivity index (χ1n) is 7.03. The molecule has 1 unspecified atom stereocenters. The lowest BCUT2D eigenvalue weighted by Crippen LogP contribution is -2.30. The van der Waals surface area contributed by atoms with Gasteiger partial charge >= 0.3 is 5.97 Å². The van der Waals surface area contributed by atoms with Crippen molar-refractivity contribution in [2.75, 3.05) is 11.9 Å². The quantitative estimate of drug-likeness (QED) is 0.873. The number of hydrogen-bond donors (Lipinski definition) is 1. The molecule has 0 amide bonds. The van der Waals surface area contributed by atoms with Crippen LogP contribution in [0.4, 0.5) is 10.3 Å². The van der Waals surface area contributed by atoms with Crippen molar-refractivity contribution in [3.05, 3.63) is 52.2 Å². The number of halogens is 2. The van der Waals surface area contributed by atoms with Crippen LogP contribution in [-0.2, 0) is 9.53 Å². The summed E-state index contributed by atoms with van der Waals surface area (Å²) >= 11 is 6.19. The number of benzene rings is 1. The molecule has 0 saturated heterocycles. The van der Waals surface area contributed by atoms with Gasteiger partial charge in [0.25, 0.3) is 0 Å². The van der Waals surface area contributed by atoms with Crippen molar-refractivity contribution in [2.24, 2.45) is 0 Å². The molecule has 1 N–H and O–H groups in total. The van der Waals surface area contributed by atoms with E-state index in [1.54, 1.807) is 19.9 Å². The van der Waals surface area contributed by atoms with E-state index in [4.69, 9.17) is 16.3 Å². The van der Waals surface area contributed by atoms with E-state index in [1.165, 1.54) is 23.1 Å². The maximum absolute atomic E-state index is 14.4. The molecule has 6 nitrogen and oxygen atoms in total. The van der Waals surface area contributed by atoms with Crippen molar-refractivity contribution in [3.8, 4) is 0 Å². The lowest BCUT2D eigenvalue weighted by molar-refractivity contribution is -0.139. The molecular formula is C15H14ClFN4O2. The number of allylic oxidation sites excluding steroid dienone is 1. The number of hydrogen-bond acceptors (Lipinski definition) is 5. The second kappa shape index (κ2) is 6.00. The molecule has 2 heterocycles. The highest BCUT2D eigenvalue weighted by atomic mass is 35.5. The van der Waals surface area contributed by atoms with E-state index in [0.29, 0.717) is 11.6 Å². The zero-order valence-corrected chi connectivity index (χ0v) is 13.3. The molecule has 0 fully saturated rings. The summed E-state index contributed by atoms with van der Waals surface area (Å²) in [4.78, 5) is 16.5. The van der Waals surface area contributed by atoms with Gasteiger partial charge in [-0.3, -0.25) is 0 Å². The van der Waals surface area contributed by atoms with Gasteiger partial charge in [0, 0.05) is 16.3 Å². The highest BCUT2D eigenvalue weighted by Crippen LogP contribution is 2.39. The van der Waals surface area contributed by atoms with Crippen LogP contribution in [-0.4, -0.2) is 27.3 Å². The van der Waals surface area contributed by atoms with Crippen molar-refractivity contribution in [2.45, 2.75) is 19.9 Å². The number of fused-ring (bicyclic) bond motifs is 1. The number of esters is 1. The predicted octanol–water partition coefficient (Wildman–Crippen LogP) is 2.92. The minimum absolute atomic E-state index is 0.157. The maximum Gasteiger partial charge on any atom is 0.338 e. The molecule has 0 bridgehead atoms. The lowest BCUT2D eigenvalue weighted by Gasteiger charge is -2.28. The summed E-state index contributed by atoms with van der Waals surface area (Å²) in [6, 6.07) is 3.52. The molecule has 1 aromatic carbocycles. The highest BCUT2D eigenvalue weighted by Gasteiger charge is 2.36. The number of anilines is 1. The molecule has 0 spiro atoms. The molecule has 0 radical (unpaired) electrons. The first-order valence-corrected chi connectivity index (χ1v) is 7.40. The van der Waals surface area contributed by atoms with Crippen LogP contribution in [0.1, 0.15) is 25.5 Å². The SMILES string of the molecule is CCOC(=O)C1=C(C)Nc2ncnn2C1c1c(F)cccc1Cl. The number of nitrogens with zero attached hydrogens (tertiary/aromatic N) is 3. The van der Waals surface area contributed by atoms with Gasteiger partial charge in [-0.05, 0) is 26.0 Å². The Hall–Kier alpha value is -2.41. The maximum atomic E-state index is 14.4. The van der Waals surface area contributed by atoms with Crippen molar-refractivity contribution < 1.29 is 13.9 Å². The average Bonchev–Trinajstić information content (AvgIpc) is 2.94. The van der Waals surface area contributed by atoms with Crippen LogP contribution in [0.2, 0.25) is 5.02 Å². The Kier molecular flexibility index (Phi) is 4.04. The molecular weight excluding hydrogens is 323 g/mol. The van der Waals surface area contributed by atoms with Gasteiger partial charge in [0.15, 0.2) is 0 Å². The number of ether oxygens (including phenoxy) is 1. The largest absolute Gasteiger partial charge is 0.463 e. The molecule has 0 aliphatic carbocycles. The van der Waals surface area contributed by atoms with E-state index in [1.807, 2.05) is 0 Å². The van der Waals surface area contributed by atoms with Gasteiger partial charge in [0.2, 0.25) is 5.95 Å². The lowest BCUT2D eigenvalue weighted by atomic mass is 9.95. The van der Waals surface area contributed by atoms with Crippen LogP contribution < -0.4 is 5.32 Å². The molecule has 23 heavy (non-hydrogen) atoms. The Bertz CT molecular complexity index is 782. The Morgan fingerprint density at radius 3 is 3.00 bits per heavy atom. The van der Waals surface area contributed by atoms with Gasteiger partial charge < -0.3 is 10.1 Å². The van der Waals surface area contributed by atoms with E-state index in [-0.39, 0.29) is 22.8 Å². The first kappa shape index (κ1) is 15.5. The van der Waals surface area contributed by atoms with E-state index in [9.17, 15) is 9.18 Å². The van der Waals surface area contributed by atoms with Gasteiger partial charge in [-0.25, -0.2) is 13.9 Å². The summed E-state index contributed by atoms with van der Waals surface area (Å²) < 4.78 is 21.0. The minimum atomic E-state index is -0.846. The molecule has 120 valence electrons. The van der Waals surface area contributed by atoms with Gasteiger partial charge in [-0.15, -0.1) is 0 Å². The number of aromatic nitrogens is 3. The average molecular weight is 337 g/mol. The molecule has 8 heteroatoms. The monoisotopic (exact) mass is 336 g/mol. The van der Waals surface area contributed by atoms with Gasteiger partial charge in [0.05, 0.1) is 12.2 Å². The third-order valence-electron chi connectivity index (χ3n) is 3.56. The highest BCUT2D eigenvalue weighted by molar-refractivity contribution is 6.31. The zero-order chi connectivity index (χ0) is 16.6. The first-order chi connectivity index (χ1) is 11.0. The summed E-state index contributed by atoms with van der Waals surface area (Å²) in [7, 11) is 0. The summed E-state index contributed by atoms with van der Waals surface area (Å²) in [5, 5.41) is 7.27. The number of carbonyl (C=O) groups excluding carboxylic acids is 1. The summed E-state index contributed by atoms with van der Waals surface area (Å²) in [5.41, 5.74) is 0.926. The summed E-state index contributed by atoms with van der Waals surface area (Å²) in [6.07, 6.45) is 1.32. The van der Waals surface area contributed by atoms with Crippen LogP contribution in [0.15, 0.2) is 35.8 Å². The molecule has 1 aliphatic rings. The van der Waals surface area contributed by atoms with Crippen LogP contribution in [0.3, 0.4) is 0 Å². The van der Waals surface area contributed by atoms with Crippen LogP contribution in [0, 0.1) is 5.82 Å². The molecule has 1 aromatic heterocycles. The smallest absolute Gasteiger partial charge is 0.338 e. The Labute approximate surface area is 136 Å². The second-order valence-electron chi connectivity index (χ2n) is 4.95. The van der Waals surface area contributed by atoms with E-state index >= 15 is 0 Å². The van der Waals surface area contributed by atoms with E-state index < -0.39 is 17.8 Å². The number of carbonyl (C=O) groups is 1. The Balaban J connectivity index is 2.23. The van der Waals surface area contributed by atoms with Gasteiger partial charge in [-0.1, -0.05) is 17.7 Å². The fourth-order valence-electron chi connectivity index (χ4n) is 2.60. The van der Waals surface area contributed by atoms with Crippen LogP contribution >= 0.6 is 11.6 Å². The summed E-state index contributed by atoms with van der Waals surface area (Å²) in [6.45, 7) is 3.61. The molecule has 1 aliphatic heterocycles. The van der Waals surface area contributed by atoms with Gasteiger partial charge in [-0.2, -0.15) is 10.1 Å². The van der Waals surface area contributed by atoms with Crippen molar-refractivity contribution in [1.82, 2.24) is 14.8 Å². The topological polar surface area (TPSA) is 69.0 Å². The number of rotatable bonds is 3. The second-order valence-corrected chi connectivity index (χ2v) is 5.36. The fourth-order valence-corrected chi connectivity index (χ4v) is 2.87. The van der Waals surface area contributed by atoms with Gasteiger partial charge in [0.1, 0.15) is 18.2 Å². The number of nitrogens with one attached hydrogen (secondary N) is 1. The molecule has 3 rings (SSSR count). The Morgan fingerprint density at radius 1 is 1.52 bits per heavy atom. The summed E-state index contributed by atoms with van der Waals surface area (Å²) in [5.74, 6) is -0.678. The van der Waals surface area contributed by atoms with Crippen LogP contribution in [0.5, 0.6) is 0 Å². The molecule has 2 aromatic rings. The third kappa shape index (κ3) is 2.57. The van der Waals surface area contributed by atoms with E-state index in [2.05, 4.69) is 15.4 Å². The molecule has 0 saturated carbocycles. The predicted molar refractivity (Wildman–Crippen MR) is 82.5 cm³/mol. The normalized spacial score (nSPS) is 16.8. The third-order valence-corrected chi connectivity index (χ3v) is 3.89. The van der Waals surface area contributed by atoms with Crippen molar-refractivity contribution in [1.29, 1.82) is 0 Å². The minimum Gasteiger partial charge on any atom is -0.463 e. The standard InChI is InChI=1S/C15H14ClFN4O2/c1-3-23-14(22)11-8(2)20-15-18-7-19-21(15)13(11)12-9(16)5-4-6-10(12)17/h4-7,13H,3H2,1-2H3,(H,18,19,20). The van der Waals surface area contributed by atoms with Crippen molar-refractivity contribution in [3.63, 3.8) is 0 Å². The zero-order valence-electron chi connectivity index (χ0n) is 12.5. The molecule has 1 atom stereocenters. The van der Waals surface area contributed by atoms with Crippen molar-refractivity contribution >= 4 is 23.5 Å². The van der Waals surface area contributed by atoms with E-state index in [0.717, 1.165) is 0 Å². The fraction of sp³-hybridized carbons (Fsp3) is 0.267. The van der Waals surface area contributed by atoms with Crippen LogP contribution in [0.25, 0.3) is 0 Å². The Morgan fingerprint density at radius 2 is 2.30 bits per heavy atom.